The summed E-state index contributed by atoms with van der Waals surface area (Å²) in [5.74, 6) is 0. The normalized spacial score (nSPS) is 14.6. The third kappa shape index (κ3) is 2.16. The van der Waals surface area contributed by atoms with Gasteiger partial charge in [-0.2, -0.15) is 0 Å². The van der Waals surface area contributed by atoms with Crippen LogP contribution in [0, 0.1) is 0 Å². The first-order chi connectivity index (χ1) is 6.08. The monoisotopic (exact) mass is 217 g/mol. The fourth-order valence-corrected chi connectivity index (χ4v) is 12.3. The molecule has 0 atom stereocenters. The minimum atomic E-state index is -0.896. The molecule has 0 aliphatic heterocycles. The van der Waals surface area contributed by atoms with E-state index in [-0.39, 0.29) is 0 Å². The fraction of sp³-hybridized carbons (Fsp3) is 1.00. The second-order valence-corrected chi connectivity index (χ2v) is 12.4. The van der Waals surface area contributed by atoms with Crippen LogP contribution in [0.3, 0.4) is 0 Å². The zero-order valence-corrected chi connectivity index (χ0v) is 12.6. The summed E-state index contributed by atoms with van der Waals surface area (Å²) < 4.78 is 0. The Morgan fingerprint density at radius 1 is 0.643 bits per heavy atom. The Kier molecular flexibility index (Phi) is 4.66. The van der Waals surface area contributed by atoms with Gasteiger partial charge in [-0.15, -0.1) is 0 Å². The van der Waals surface area contributed by atoms with Gasteiger partial charge in [-0.25, -0.2) is 0 Å². The van der Waals surface area contributed by atoms with E-state index in [4.69, 9.17) is 0 Å². The Balaban J connectivity index is 5.40. The van der Waals surface area contributed by atoms with Gasteiger partial charge in [0.1, 0.15) is 0 Å². The van der Waals surface area contributed by atoms with E-state index in [1.54, 1.807) is 0 Å². The largest absolute Gasteiger partial charge is 0.0723 e. The molecule has 0 aromatic rings. The lowest BCUT2D eigenvalue weighted by Crippen LogP contribution is -2.37. The minimum Gasteiger partial charge on any atom is -0.0285 e. The van der Waals surface area contributed by atoms with Crippen LogP contribution in [0.15, 0.2) is 0 Å². The molecule has 0 amide bonds. The Bertz CT molecular complexity index is 150. The van der Waals surface area contributed by atoms with Crippen molar-refractivity contribution in [1.29, 1.82) is 0 Å². The molecule has 14 heavy (non-hydrogen) atoms. The van der Waals surface area contributed by atoms with Crippen molar-refractivity contribution in [3.05, 3.63) is 0 Å². The Hall–Kier alpha value is 0.430. The van der Waals surface area contributed by atoms with Gasteiger partial charge in [0.25, 0.3) is 0 Å². The first kappa shape index (κ1) is 14.4. The molecule has 0 radical (unpaired) electrons. The third-order valence-electron chi connectivity index (χ3n) is 3.73. The van der Waals surface area contributed by atoms with E-state index in [0.717, 1.165) is 17.0 Å². The van der Waals surface area contributed by atoms with Crippen molar-refractivity contribution in [3.8, 4) is 0 Å². The maximum atomic E-state index is 2.45. The molecule has 1 heteroatoms. The van der Waals surface area contributed by atoms with E-state index in [1.165, 1.54) is 0 Å². The van der Waals surface area contributed by atoms with Crippen molar-refractivity contribution in [2.45, 2.75) is 84.4 Å². The Labute approximate surface area is 92.2 Å². The quantitative estimate of drug-likeness (QED) is 0.582. The Morgan fingerprint density at radius 3 is 0.857 bits per heavy atom. The molecule has 0 rings (SSSR count). The first-order valence-corrected chi connectivity index (χ1v) is 7.96. The van der Waals surface area contributed by atoms with Crippen LogP contribution in [0.1, 0.15) is 62.3 Å². The summed E-state index contributed by atoms with van der Waals surface area (Å²) in [5, 5.41) is 0.490. The molecule has 0 N–H and O–H groups in total. The van der Waals surface area contributed by atoms with Crippen LogP contribution in [-0.2, 0) is 0 Å². The number of rotatable bonds is 3. The van der Waals surface area contributed by atoms with Crippen LogP contribution < -0.4 is 0 Å². The van der Waals surface area contributed by atoms with Gasteiger partial charge in [0.15, 0.2) is 0 Å². The predicted molar refractivity (Wildman–Crippen MR) is 72.1 cm³/mol. The van der Waals surface area contributed by atoms with E-state index < -0.39 is 7.26 Å². The maximum absolute atomic E-state index is 2.45. The van der Waals surface area contributed by atoms with Crippen molar-refractivity contribution < 1.29 is 0 Å². The number of hydrogen-bond donors (Lipinski definition) is 0. The lowest BCUT2D eigenvalue weighted by Gasteiger charge is -2.47. The molecular weight excluding hydrogens is 187 g/mol. The zero-order valence-electron chi connectivity index (χ0n) is 11.7. The molecule has 0 aromatic heterocycles. The van der Waals surface area contributed by atoms with E-state index in [9.17, 15) is 0 Å². The summed E-state index contributed by atoms with van der Waals surface area (Å²) in [7, 11) is -0.896. The molecular formula is C13H30P+. The number of hydrogen-bond acceptors (Lipinski definition) is 0. The summed E-state index contributed by atoms with van der Waals surface area (Å²) in [4.78, 5) is 0. The summed E-state index contributed by atoms with van der Waals surface area (Å²) in [6, 6.07) is 0. The molecule has 86 valence electrons. The molecule has 0 aliphatic rings. The molecule has 0 aliphatic carbocycles. The van der Waals surface area contributed by atoms with Crippen LogP contribution in [0.2, 0.25) is 0 Å². The molecule has 0 unspecified atom stereocenters. The van der Waals surface area contributed by atoms with Gasteiger partial charge in [0.05, 0.1) is 22.1 Å². The maximum Gasteiger partial charge on any atom is 0.0723 e. The second kappa shape index (κ2) is 4.52. The SMILES string of the molecule is CC(C)[P+](C(C)C)(C(C)C)C(C)(C)C. The van der Waals surface area contributed by atoms with E-state index >= 15 is 0 Å². The Morgan fingerprint density at radius 2 is 0.857 bits per heavy atom. The highest BCUT2D eigenvalue weighted by atomic mass is 31.2. The summed E-state index contributed by atoms with van der Waals surface area (Å²) in [5.41, 5.74) is 2.55. The molecule has 0 bridgehead atoms. The smallest absolute Gasteiger partial charge is 0.0285 e. The fourth-order valence-electron chi connectivity index (χ4n) is 4.11. The van der Waals surface area contributed by atoms with Gasteiger partial charge < -0.3 is 0 Å². The average molecular weight is 217 g/mol. The van der Waals surface area contributed by atoms with E-state index in [0.29, 0.717) is 5.16 Å². The third-order valence-corrected chi connectivity index (χ3v) is 11.2. The van der Waals surface area contributed by atoms with Gasteiger partial charge in [-0.1, -0.05) is 0 Å². The molecule has 0 spiro atoms. The van der Waals surface area contributed by atoms with Crippen LogP contribution in [0.4, 0.5) is 0 Å². The lowest BCUT2D eigenvalue weighted by atomic mass is 10.2. The molecule has 0 aromatic carbocycles. The zero-order chi connectivity index (χ0) is 11.7. The molecule has 0 heterocycles. The highest BCUT2D eigenvalue weighted by Gasteiger charge is 2.55. The van der Waals surface area contributed by atoms with Gasteiger partial charge in [-0.3, -0.25) is 0 Å². The standard InChI is InChI=1S/C13H30P/c1-10(2)14(11(3)4,12(5)6)13(7,8)9/h10-12H,1-9H3/q+1. The highest BCUT2D eigenvalue weighted by molar-refractivity contribution is 7.79. The van der Waals surface area contributed by atoms with Crippen molar-refractivity contribution in [1.82, 2.24) is 0 Å². The van der Waals surface area contributed by atoms with Crippen LogP contribution >= 0.6 is 7.26 Å². The van der Waals surface area contributed by atoms with E-state index in [1.807, 2.05) is 0 Å². The van der Waals surface area contributed by atoms with Crippen molar-refractivity contribution in [2.75, 3.05) is 0 Å². The van der Waals surface area contributed by atoms with Crippen LogP contribution in [0.5, 0.6) is 0 Å². The molecule has 0 fully saturated rings. The van der Waals surface area contributed by atoms with Crippen LogP contribution in [0.25, 0.3) is 0 Å². The van der Waals surface area contributed by atoms with Gasteiger partial charge in [0.2, 0.25) is 0 Å². The summed E-state index contributed by atoms with van der Waals surface area (Å²) in [6.07, 6.45) is 0. The van der Waals surface area contributed by atoms with Crippen molar-refractivity contribution in [3.63, 3.8) is 0 Å². The topological polar surface area (TPSA) is 0 Å². The average Bonchev–Trinajstić information content (AvgIpc) is 1.79. The molecule has 0 saturated carbocycles. The summed E-state index contributed by atoms with van der Waals surface area (Å²) >= 11 is 0. The van der Waals surface area contributed by atoms with Gasteiger partial charge in [-0.05, 0) is 62.3 Å². The van der Waals surface area contributed by atoms with E-state index in [2.05, 4.69) is 62.3 Å². The van der Waals surface area contributed by atoms with Gasteiger partial charge >= 0.3 is 0 Å². The molecule has 0 nitrogen and oxygen atoms in total. The first-order valence-electron chi connectivity index (χ1n) is 5.96. The minimum absolute atomic E-state index is 0.490. The summed E-state index contributed by atoms with van der Waals surface area (Å²) in [6.45, 7) is 21.9. The van der Waals surface area contributed by atoms with Crippen molar-refractivity contribution >= 4 is 7.26 Å². The van der Waals surface area contributed by atoms with Crippen molar-refractivity contribution in [2.24, 2.45) is 0 Å². The van der Waals surface area contributed by atoms with Gasteiger partial charge in [0, 0.05) is 7.26 Å². The predicted octanol–water partition coefficient (Wildman–Crippen LogP) is 5.03. The highest BCUT2D eigenvalue weighted by Crippen LogP contribution is 2.77. The molecule has 0 saturated heterocycles. The lowest BCUT2D eigenvalue weighted by molar-refractivity contribution is 0.713. The second-order valence-electron chi connectivity index (χ2n) is 6.29. The van der Waals surface area contributed by atoms with Crippen LogP contribution in [-0.4, -0.2) is 22.1 Å².